The van der Waals surface area contributed by atoms with Crippen LogP contribution in [-0.2, 0) is 0 Å². The molecule has 2 rings (SSSR count). The number of aromatic amines is 1. The van der Waals surface area contributed by atoms with Gasteiger partial charge in [0.15, 0.2) is 0 Å². The van der Waals surface area contributed by atoms with E-state index in [0.717, 1.165) is 18.2 Å². The van der Waals surface area contributed by atoms with Gasteiger partial charge in [-0.15, -0.1) is 13.2 Å². The van der Waals surface area contributed by atoms with Crippen LogP contribution < -0.4 is 10.3 Å². The number of H-pyrrole nitrogens is 1. The zero-order valence-electron chi connectivity index (χ0n) is 10.9. The first-order valence-electron chi connectivity index (χ1n) is 5.98. The van der Waals surface area contributed by atoms with Crippen LogP contribution in [0.3, 0.4) is 0 Å². The average Bonchev–Trinajstić information content (AvgIpc) is 2.45. The van der Waals surface area contributed by atoms with Crippen molar-refractivity contribution in [3.8, 4) is 5.75 Å². The SMILES string of the molecule is O=C(C=Cc1ccccc1OC(F)(F)F)c1ccc(=O)[nH]n1. The number of aromatic nitrogens is 2. The quantitative estimate of drug-likeness (QED) is 0.696. The molecule has 1 aromatic carbocycles. The van der Waals surface area contributed by atoms with Crippen LogP contribution in [0.2, 0.25) is 0 Å². The summed E-state index contributed by atoms with van der Waals surface area (Å²) in [5, 5.41) is 5.61. The highest BCUT2D eigenvalue weighted by Gasteiger charge is 2.31. The largest absolute Gasteiger partial charge is 0.573 e. The normalized spacial score (nSPS) is 11.6. The number of halogens is 3. The van der Waals surface area contributed by atoms with Gasteiger partial charge in [-0.2, -0.15) is 5.10 Å². The number of benzene rings is 1. The van der Waals surface area contributed by atoms with Crippen LogP contribution in [0, 0.1) is 0 Å². The fourth-order valence-corrected chi connectivity index (χ4v) is 1.57. The molecule has 0 saturated carbocycles. The van der Waals surface area contributed by atoms with Crippen molar-refractivity contribution in [2.45, 2.75) is 6.36 Å². The van der Waals surface area contributed by atoms with Gasteiger partial charge in [0.25, 0.3) is 5.56 Å². The number of rotatable bonds is 4. The van der Waals surface area contributed by atoms with E-state index in [1.54, 1.807) is 0 Å². The number of ketones is 1. The lowest BCUT2D eigenvalue weighted by molar-refractivity contribution is -0.274. The molecule has 1 heterocycles. The van der Waals surface area contributed by atoms with E-state index < -0.39 is 23.5 Å². The Balaban J connectivity index is 2.21. The van der Waals surface area contributed by atoms with Gasteiger partial charge >= 0.3 is 6.36 Å². The van der Waals surface area contributed by atoms with Gasteiger partial charge in [-0.25, -0.2) is 5.10 Å². The molecule has 0 spiro atoms. The number of alkyl halides is 3. The Kier molecular flexibility index (Phi) is 4.40. The lowest BCUT2D eigenvalue weighted by atomic mass is 10.1. The Morgan fingerprint density at radius 1 is 1.18 bits per heavy atom. The molecule has 0 radical (unpaired) electrons. The maximum absolute atomic E-state index is 12.3. The molecular formula is C14H9F3N2O3. The van der Waals surface area contributed by atoms with Crippen LogP contribution in [0.5, 0.6) is 5.75 Å². The first-order valence-corrected chi connectivity index (χ1v) is 5.98. The lowest BCUT2D eigenvalue weighted by Crippen LogP contribution is -2.17. The van der Waals surface area contributed by atoms with Gasteiger partial charge in [0.05, 0.1) is 0 Å². The van der Waals surface area contributed by atoms with E-state index >= 15 is 0 Å². The van der Waals surface area contributed by atoms with Crippen molar-refractivity contribution in [3.63, 3.8) is 0 Å². The van der Waals surface area contributed by atoms with Gasteiger partial charge in [-0.05, 0) is 24.3 Å². The van der Waals surface area contributed by atoms with Gasteiger partial charge in [-0.3, -0.25) is 9.59 Å². The maximum Gasteiger partial charge on any atom is 0.573 e. The molecule has 2 aromatic rings. The molecule has 0 aliphatic heterocycles. The van der Waals surface area contributed by atoms with Crippen molar-refractivity contribution in [2.75, 3.05) is 0 Å². The molecule has 0 bridgehead atoms. The molecule has 1 aromatic heterocycles. The zero-order valence-corrected chi connectivity index (χ0v) is 10.9. The number of carbonyl (C=O) groups is 1. The van der Waals surface area contributed by atoms with Gasteiger partial charge in [-0.1, -0.05) is 18.2 Å². The molecule has 5 nitrogen and oxygen atoms in total. The number of carbonyl (C=O) groups excluding carboxylic acids is 1. The van der Waals surface area contributed by atoms with Gasteiger partial charge in [0.1, 0.15) is 11.4 Å². The molecule has 0 fully saturated rings. The molecule has 0 atom stereocenters. The minimum Gasteiger partial charge on any atom is -0.405 e. The van der Waals surface area contributed by atoms with Crippen molar-refractivity contribution in [3.05, 3.63) is 64.1 Å². The molecule has 8 heteroatoms. The van der Waals surface area contributed by atoms with Gasteiger partial charge in [0, 0.05) is 11.6 Å². The van der Waals surface area contributed by atoms with E-state index in [1.165, 1.54) is 30.3 Å². The summed E-state index contributed by atoms with van der Waals surface area (Å²) >= 11 is 0. The topological polar surface area (TPSA) is 72.1 Å². The van der Waals surface area contributed by atoms with E-state index in [1.807, 2.05) is 0 Å². The standard InChI is InChI=1S/C14H9F3N2O3/c15-14(16,17)22-12-4-2-1-3-9(12)5-7-11(20)10-6-8-13(21)19-18-10/h1-8H,(H,19,21). The first kappa shape index (κ1) is 15.5. The molecule has 114 valence electrons. The molecule has 0 unspecified atom stereocenters. The van der Waals surface area contributed by atoms with Crippen LogP contribution in [-0.4, -0.2) is 22.3 Å². The summed E-state index contributed by atoms with van der Waals surface area (Å²) in [7, 11) is 0. The second kappa shape index (κ2) is 6.25. The summed E-state index contributed by atoms with van der Waals surface area (Å²) < 4.78 is 40.7. The molecule has 0 aliphatic rings. The van der Waals surface area contributed by atoms with Crippen molar-refractivity contribution < 1.29 is 22.7 Å². The molecule has 0 aliphatic carbocycles. The number of allylic oxidation sites excluding steroid dienone is 1. The van der Waals surface area contributed by atoms with E-state index in [4.69, 9.17) is 0 Å². The number of para-hydroxylation sites is 1. The van der Waals surface area contributed by atoms with Crippen LogP contribution in [0.25, 0.3) is 6.08 Å². The summed E-state index contributed by atoms with van der Waals surface area (Å²) in [6, 6.07) is 7.72. The van der Waals surface area contributed by atoms with Crippen molar-refractivity contribution in [1.29, 1.82) is 0 Å². The Morgan fingerprint density at radius 2 is 1.91 bits per heavy atom. The van der Waals surface area contributed by atoms with Crippen LogP contribution in [0.15, 0.2) is 47.3 Å². The lowest BCUT2D eigenvalue weighted by Gasteiger charge is -2.10. The second-order valence-corrected chi connectivity index (χ2v) is 4.09. The van der Waals surface area contributed by atoms with Gasteiger partial charge in [0.2, 0.25) is 5.78 Å². The van der Waals surface area contributed by atoms with E-state index in [9.17, 15) is 22.8 Å². The second-order valence-electron chi connectivity index (χ2n) is 4.09. The Labute approximate surface area is 122 Å². The summed E-state index contributed by atoms with van der Waals surface area (Å²) in [5.41, 5.74) is -0.424. The monoisotopic (exact) mass is 310 g/mol. The first-order chi connectivity index (χ1) is 10.3. The summed E-state index contributed by atoms with van der Waals surface area (Å²) in [4.78, 5) is 22.6. The van der Waals surface area contributed by atoms with Crippen LogP contribution in [0.4, 0.5) is 13.2 Å². The summed E-state index contributed by atoms with van der Waals surface area (Å²) in [6.07, 6.45) is -2.61. The Bertz CT molecular complexity index is 746. The molecule has 1 N–H and O–H groups in total. The smallest absolute Gasteiger partial charge is 0.405 e. The van der Waals surface area contributed by atoms with E-state index in [-0.39, 0.29) is 11.3 Å². The number of nitrogens with one attached hydrogen (secondary N) is 1. The predicted molar refractivity (Wildman–Crippen MR) is 71.3 cm³/mol. The highest BCUT2D eigenvalue weighted by molar-refractivity contribution is 6.05. The zero-order chi connectivity index (χ0) is 16.2. The molecule has 0 amide bonds. The highest BCUT2D eigenvalue weighted by atomic mass is 19.4. The number of hydrogen-bond acceptors (Lipinski definition) is 4. The molecule has 22 heavy (non-hydrogen) atoms. The summed E-state index contributed by atoms with van der Waals surface area (Å²) in [6.45, 7) is 0. The highest BCUT2D eigenvalue weighted by Crippen LogP contribution is 2.27. The van der Waals surface area contributed by atoms with E-state index in [2.05, 4.69) is 14.9 Å². The minimum atomic E-state index is -4.82. The predicted octanol–water partition coefficient (Wildman–Crippen LogP) is 2.56. The number of nitrogens with zero attached hydrogens (tertiary/aromatic N) is 1. The molecule has 0 saturated heterocycles. The van der Waals surface area contributed by atoms with Crippen LogP contribution in [0.1, 0.15) is 16.1 Å². The fraction of sp³-hybridized carbons (Fsp3) is 0.0714. The fourth-order valence-electron chi connectivity index (χ4n) is 1.57. The van der Waals surface area contributed by atoms with Crippen molar-refractivity contribution in [2.24, 2.45) is 0 Å². The third kappa shape index (κ3) is 4.30. The molecular weight excluding hydrogens is 301 g/mol. The van der Waals surface area contributed by atoms with E-state index in [0.29, 0.717) is 0 Å². The van der Waals surface area contributed by atoms with Crippen molar-refractivity contribution in [1.82, 2.24) is 10.2 Å². The third-order valence-electron chi connectivity index (χ3n) is 2.49. The van der Waals surface area contributed by atoms with Gasteiger partial charge < -0.3 is 4.74 Å². The van der Waals surface area contributed by atoms with Crippen LogP contribution >= 0.6 is 0 Å². The number of hydrogen-bond donors (Lipinski definition) is 1. The average molecular weight is 310 g/mol. The minimum absolute atomic E-state index is 0.0370. The Hall–Kier alpha value is -2.90. The summed E-state index contributed by atoms with van der Waals surface area (Å²) in [5.74, 6) is -0.994. The Morgan fingerprint density at radius 3 is 2.55 bits per heavy atom. The third-order valence-corrected chi connectivity index (χ3v) is 2.49. The maximum atomic E-state index is 12.3. The number of ether oxygens (including phenoxy) is 1. The van der Waals surface area contributed by atoms with Crippen molar-refractivity contribution >= 4 is 11.9 Å².